The molecule has 1 saturated heterocycles. The lowest BCUT2D eigenvalue weighted by molar-refractivity contribution is -0.143. The summed E-state index contributed by atoms with van der Waals surface area (Å²) >= 11 is 0. The second-order valence-corrected chi connectivity index (χ2v) is 7.22. The second kappa shape index (κ2) is 8.36. The van der Waals surface area contributed by atoms with Crippen LogP contribution < -0.4 is 5.32 Å². The van der Waals surface area contributed by atoms with Crippen LogP contribution in [0.4, 0.5) is 26.3 Å². The number of halogens is 6. The number of piperidine rings is 1. The van der Waals surface area contributed by atoms with Crippen molar-refractivity contribution in [1.82, 2.24) is 5.32 Å². The highest BCUT2D eigenvalue weighted by Gasteiger charge is 2.37. The van der Waals surface area contributed by atoms with E-state index in [1.165, 1.54) is 0 Å². The van der Waals surface area contributed by atoms with Gasteiger partial charge in [-0.3, -0.25) is 0 Å². The lowest BCUT2D eigenvalue weighted by Crippen LogP contribution is -2.40. The zero-order valence-electron chi connectivity index (χ0n) is 15.7. The van der Waals surface area contributed by atoms with Gasteiger partial charge < -0.3 is 10.1 Å². The molecule has 2 nitrogen and oxygen atoms in total. The molecule has 0 spiro atoms. The van der Waals surface area contributed by atoms with Crippen molar-refractivity contribution in [2.24, 2.45) is 0 Å². The minimum Gasteiger partial charge on any atom is -0.373 e. The molecule has 2 atom stereocenters. The monoisotopic (exact) mass is 417 g/mol. The Hall–Kier alpha value is -2.06. The van der Waals surface area contributed by atoms with E-state index in [0.29, 0.717) is 19.5 Å². The summed E-state index contributed by atoms with van der Waals surface area (Å²) in [7, 11) is 0. The van der Waals surface area contributed by atoms with Gasteiger partial charge in [-0.05, 0) is 54.8 Å². The topological polar surface area (TPSA) is 21.3 Å². The quantitative estimate of drug-likeness (QED) is 0.645. The van der Waals surface area contributed by atoms with Gasteiger partial charge in [0.1, 0.15) is 0 Å². The van der Waals surface area contributed by atoms with Crippen molar-refractivity contribution in [3.63, 3.8) is 0 Å². The largest absolute Gasteiger partial charge is 0.416 e. The van der Waals surface area contributed by atoms with E-state index in [-0.39, 0.29) is 30.3 Å². The Morgan fingerprint density at radius 2 is 1.59 bits per heavy atom. The number of hydrogen-bond acceptors (Lipinski definition) is 2. The van der Waals surface area contributed by atoms with Crippen LogP contribution in [0.3, 0.4) is 0 Å². The molecule has 0 amide bonds. The molecule has 8 heteroatoms. The van der Waals surface area contributed by atoms with E-state index in [1.807, 2.05) is 31.2 Å². The number of hydrogen-bond donors (Lipinski definition) is 1. The van der Waals surface area contributed by atoms with Crippen molar-refractivity contribution in [2.75, 3.05) is 13.1 Å². The highest BCUT2D eigenvalue weighted by molar-refractivity contribution is 5.34. The minimum atomic E-state index is -4.87. The molecule has 158 valence electrons. The maximum absolute atomic E-state index is 13.0. The summed E-state index contributed by atoms with van der Waals surface area (Å²) in [4.78, 5) is 0. The molecule has 1 aliphatic heterocycles. The normalized spacial score (nSPS) is 20.7. The summed E-state index contributed by atoms with van der Waals surface area (Å²) in [6.45, 7) is 2.94. The lowest BCUT2D eigenvalue weighted by Gasteiger charge is -2.33. The third kappa shape index (κ3) is 5.30. The fourth-order valence-corrected chi connectivity index (χ4v) is 3.65. The molecular weight excluding hydrogens is 396 g/mol. The van der Waals surface area contributed by atoms with Crippen molar-refractivity contribution >= 4 is 0 Å². The molecule has 1 heterocycles. The molecule has 0 aliphatic carbocycles. The van der Waals surface area contributed by atoms with Gasteiger partial charge in [-0.15, -0.1) is 0 Å². The first-order valence-electron chi connectivity index (χ1n) is 9.22. The average molecular weight is 417 g/mol. The SMILES string of the molecule is Cc1ccccc1[C@@H]1CNCC[C@@H]1OCc1cc(C(F)(F)F)cc(C(F)(F)F)c1. The zero-order valence-corrected chi connectivity index (χ0v) is 15.7. The predicted molar refractivity (Wildman–Crippen MR) is 96.4 cm³/mol. The first-order valence-corrected chi connectivity index (χ1v) is 9.22. The lowest BCUT2D eigenvalue weighted by atomic mass is 9.86. The number of nitrogens with one attached hydrogen (secondary N) is 1. The van der Waals surface area contributed by atoms with Crippen LogP contribution >= 0.6 is 0 Å². The van der Waals surface area contributed by atoms with Gasteiger partial charge in [0.15, 0.2) is 0 Å². The van der Waals surface area contributed by atoms with Crippen LogP contribution in [0, 0.1) is 6.92 Å². The van der Waals surface area contributed by atoms with E-state index in [4.69, 9.17) is 4.74 Å². The molecule has 1 N–H and O–H groups in total. The molecule has 2 aromatic carbocycles. The maximum atomic E-state index is 13.0. The second-order valence-electron chi connectivity index (χ2n) is 7.22. The molecule has 2 aromatic rings. The summed E-state index contributed by atoms with van der Waals surface area (Å²) in [5.74, 6) is -0.0298. The van der Waals surface area contributed by atoms with E-state index >= 15 is 0 Å². The molecule has 0 unspecified atom stereocenters. The van der Waals surface area contributed by atoms with Crippen LogP contribution in [0.15, 0.2) is 42.5 Å². The Kier molecular flexibility index (Phi) is 6.24. The van der Waals surface area contributed by atoms with Gasteiger partial charge in [-0.2, -0.15) is 26.3 Å². The van der Waals surface area contributed by atoms with Gasteiger partial charge in [0.2, 0.25) is 0 Å². The molecule has 1 fully saturated rings. The third-order valence-corrected chi connectivity index (χ3v) is 5.12. The summed E-state index contributed by atoms with van der Waals surface area (Å²) in [5.41, 5.74) is -0.675. The van der Waals surface area contributed by atoms with Crippen molar-refractivity contribution in [1.29, 1.82) is 0 Å². The molecule has 1 aliphatic rings. The van der Waals surface area contributed by atoms with Crippen LogP contribution in [0.2, 0.25) is 0 Å². The van der Waals surface area contributed by atoms with Crippen LogP contribution in [-0.4, -0.2) is 19.2 Å². The number of ether oxygens (including phenoxy) is 1. The number of alkyl halides is 6. The van der Waals surface area contributed by atoms with Crippen molar-refractivity contribution in [3.05, 3.63) is 70.3 Å². The Balaban J connectivity index is 1.83. The Bertz CT molecular complexity index is 814. The van der Waals surface area contributed by atoms with Crippen molar-refractivity contribution in [2.45, 2.75) is 44.3 Å². The van der Waals surface area contributed by atoms with E-state index < -0.39 is 23.5 Å². The Labute approximate surface area is 164 Å². The predicted octanol–water partition coefficient (Wildman–Crippen LogP) is 5.69. The Morgan fingerprint density at radius 3 is 2.17 bits per heavy atom. The van der Waals surface area contributed by atoms with E-state index in [9.17, 15) is 26.3 Å². The first-order chi connectivity index (χ1) is 13.6. The van der Waals surface area contributed by atoms with Crippen LogP contribution in [0.25, 0.3) is 0 Å². The summed E-state index contributed by atoms with van der Waals surface area (Å²) < 4.78 is 84.1. The molecular formula is C21H21F6NO. The molecule has 0 aromatic heterocycles. The smallest absolute Gasteiger partial charge is 0.373 e. The number of benzene rings is 2. The summed E-state index contributed by atoms with van der Waals surface area (Å²) in [6, 6.07) is 9.31. The van der Waals surface area contributed by atoms with E-state index in [2.05, 4.69) is 5.32 Å². The average Bonchev–Trinajstić information content (AvgIpc) is 2.65. The molecule has 29 heavy (non-hydrogen) atoms. The maximum Gasteiger partial charge on any atom is 0.416 e. The third-order valence-electron chi connectivity index (χ3n) is 5.12. The summed E-state index contributed by atoms with van der Waals surface area (Å²) in [5, 5.41) is 3.27. The van der Waals surface area contributed by atoms with Gasteiger partial charge in [-0.1, -0.05) is 24.3 Å². The highest BCUT2D eigenvalue weighted by atomic mass is 19.4. The van der Waals surface area contributed by atoms with Crippen molar-refractivity contribution in [3.8, 4) is 0 Å². The molecule has 0 bridgehead atoms. The Morgan fingerprint density at radius 1 is 0.966 bits per heavy atom. The van der Waals surface area contributed by atoms with Gasteiger partial charge in [0, 0.05) is 12.5 Å². The van der Waals surface area contributed by atoms with Crippen LogP contribution in [0.1, 0.15) is 40.2 Å². The van der Waals surface area contributed by atoms with Crippen LogP contribution in [0.5, 0.6) is 0 Å². The number of rotatable bonds is 4. The van der Waals surface area contributed by atoms with Gasteiger partial charge in [0.05, 0.1) is 23.8 Å². The zero-order chi connectivity index (χ0) is 21.2. The fraction of sp³-hybridized carbons (Fsp3) is 0.429. The van der Waals surface area contributed by atoms with Gasteiger partial charge in [-0.25, -0.2) is 0 Å². The minimum absolute atomic E-state index is 0.0298. The highest BCUT2D eigenvalue weighted by Crippen LogP contribution is 2.37. The van der Waals surface area contributed by atoms with E-state index in [0.717, 1.165) is 23.3 Å². The molecule has 0 saturated carbocycles. The van der Waals surface area contributed by atoms with Gasteiger partial charge >= 0.3 is 12.4 Å². The van der Waals surface area contributed by atoms with Crippen molar-refractivity contribution < 1.29 is 31.1 Å². The fourth-order valence-electron chi connectivity index (χ4n) is 3.65. The molecule has 0 radical (unpaired) electrons. The summed E-state index contributed by atoms with van der Waals surface area (Å²) in [6.07, 6.45) is -9.42. The first kappa shape index (κ1) is 21.6. The number of aryl methyl sites for hydroxylation is 1. The standard InChI is InChI=1S/C21H21F6NO/c1-13-4-2-3-5-17(13)18-11-28-7-6-19(18)29-12-14-8-15(20(22,23)24)10-16(9-14)21(25,26)27/h2-5,8-10,18-19,28H,6-7,11-12H2,1H3/t18-,19-/m0/s1. The molecule has 3 rings (SSSR count). The van der Waals surface area contributed by atoms with E-state index in [1.54, 1.807) is 0 Å². The van der Waals surface area contributed by atoms with Crippen LogP contribution in [-0.2, 0) is 23.7 Å². The van der Waals surface area contributed by atoms with Gasteiger partial charge in [0.25, 0.3) is 0 Å².